The van der Waals surface area contributed by atoms with E-state index in [2.05, 4.69) is 25.8 Å². The fourth-order valence-electron chi connectivity index (χ4n) is 1.31. The zero-order chi connectivity index (χ0) is 14.5. The highest BCUT2D eigenvalue weighted by atomic mass is 32.2. The molecular formula is C11H13N5O2S2. The minimum absolute atomic E-state index is 0.392. The summed E-state index contributed by atoms with van der Waals surface area (Å²) < 4.78 is 0. The number of nitrogens with one attached hydrogen (secondary N) is 3. The van der Waals surface area contributed by atoms with Crippen LogP contribution in [-0.4, -0.2) is 39.4 Å². The maximum Gasteiger partial charge on any atom is 0.321 e. The first-order chi connectivity index (χ1) is 9.60. The van der Waals surface area contributed by atoms with Crippen LogP contribution in [0, 0.1) is 0 Å². The van der Waals surface area contributed by atoms with E-state index in [1.807, 2.05) is 17.5 Å². The summed E-state index contributed by atoms with van der Waals surface area (Å²) >= 11 is 2.73. The van der Waals surface area contributed by atoms with Gasteiger partial charge in [0, 0.05) is 7.05 Å². The second kappa shape index (κ2) is 6.53. The van der Waals surface area contributed by atoms with Crippen molar-refractivity contribution in [1.29, 1.82) is 0 Å². The highest BCUT2D eigenvalue weighted by molar-refractivity contribution is 8.00. The lowest BCUT2D eigenvalue weighted by Crippen LogP contribution is -2.41. The highest BCUT2D eigenvalue weighted by Crippen LogP contribution is 2.25. The van der Waals surface area contributed by atoms with Crippen LogP contribution in [0.3, 0.4) is 0 Å². The number of carbonyl (C=O) groups is 2. The van der Waals surface area contributed by atoms with Gasteiger partial charge in [-0.2, -0.15) is 0 Å². The summed E-state index contributed by atoms with van der Waals surface area (Å²) in [6.45, 7) is 1.68. The molecule has 0 spiro atoms. The van der Waals surface area contributed by atoms with Gasteiger partial charge in [0.25, 0.3) is 0 Å². The average molecular weight is 311 g/mol. The number of amides is 3. The van der Waals surface area contributed by atoms with Crippen molar-refractivity contribution in [2.75, 3.05) is 7.05 Å². The average Bonchev–Trinajstić information content (AvgIpc) is 3.08. The standard InChI is InChI=1S/C11H13N5O2S2/c1-6(9(17)14-10(18)12-2)20-11-13-8(15-16-11)7-4-3-5-19-7/h3-6H,1-2H3,(H,13,15,16)(H2,12,14,17,18). The molecule has 1 unspecified atom stereocenters. The lowest BCUT2D eigenvalue weighted by molar-refractivity contribution is -0.119. The second-order valence-electron chi connectivity index (χ2n) is 3.77. The zero-order valence-electron chi connectivity index (χ0n) is 10.8. The molecule has 0 fully saturated rings. The predicted octanol–water partition coefficient (Wildman–Crippen LogP) is 1.47. The summed E-state index contributed by atoms with van der Waals surface area (Å²) in [4.78, 5) is 28.0. The highest BCUT2D eigenvalue weighted by Gasteiger charge is 2.19. The summed E-state index contributed by atoms with van der Waals surface area (Å²) in [5, 5.41) is 13.3. The number of thioether (sulfide) groups is 1. The molecule has 1 atom stereocenters. The van der Waals surface area contributed by atoms with Crippen molar-refractivity contribution in [3.8, 4) is 10.7 Å². The SMILES string of the molecule is CNC(=O)NC(=O)C(C)Sc1n[nH]c(-c2cccs2)n1. The van der Waals surface area contributed by atoms with E-state index in [1.165, 1.54) is 18.8 Å². The Kier molecular flexibility index (Phi) is 4.74. The van der Waals surface area contributed by atoms with Gasteiger partial charge in [0.1, 0.15) is 0 Å². The molecule has 0 saturated heterocycles. The Bertz CT molecular complexity index is 596. The summed E-state index contributed by atoms with van der Waals surface area (Å²) in [7, 11) is 1.45. The molecule has 2 aromatic heterocycles. The molecule has 3 amide bonds. The summed E-state index contributed by atoms with van der Waals surface area (Å²) in [5.74, 6) is 0.276. The Morgan fingerprint density at radius 1 is 1.50 bits per heavy atom. The number of hydrogen-bond acceptors (Lipinski definition) is 6. The number of hydrogen-bond donors (Lipinski definition) is 3. The number of H-pyrrole nitrogens is 1. The van der Waals surface area contributed by atoms with Gasteiger partial charge >= 0.3 is 6.03 Å². The molecule has 2 heterocycles. The minimum Gasteiger partial charge on any atom is -0.341 e. The molecule has 0 aliphatic carbocycles. The first-order valence-corrected chi connectivity index (χ1v) is 7.51. The third-order valence-electron chi connectivity index (χ3n) is 2.33. The molecule has 0 aliphatic heterocycles. The van der Waals surface area contributed by atoms with Gasteiger partial charge in [-0.25, -0.2) is 9.78 Å². The molecule has 0 radical (unpaired) electrons. The lowest BCUT2D eigenvalue weighted by Gasteiger charge is -2.08. The maximum absolute atomic E-state index is 11.7. The van der Waals surface area contributed by atoms with E-state index in [0.717, 1.165) is 4.88 Å². The van der Waals surface area contributed by atoms with Crippen LogP contribution in [-0.2, 0) is 4.79 Å². The van der Waals surface area contributed by atoms with Gasteiger partial charge in [0.15, 0.2) is 5.82 Å². The molecule has 2 aromatic rings. The zero-order valence-corrected chi connectivity index (χ0v) is 12.5. The van der Waals surface area contributed by atoms with E-state index in [4.69, 9.17) is 0 Å². The van der Waals surface area contributed by atoms with E-state index in [0.29, 0.717) is 11.0 Å². The van der Waals surface area contributed by atoms with Gasteiger partial charge in [-0.3, -0.25) is 15.2 Å². The number of carbonyl (C=O) groups excluding carboxylic acids is 2. The molecule has 0 aromatic carbocycles. The van der Waals surface area contributed by atoms with Crippen molar-refractivity contribution in [3.63, 3.8) is 0 Å². The van der Waals surface area contributed by atoms with Crippen molar-refractivity contribution in [3.05, 3.63) is 17.5 Å². The Morgan fingerprint density at radius 3 is 2.95 bits per heavy atom. The van der Waals surface area contributed by atoms with Gasteiger partial charge in [-0.05, 0) is 18.4 Å². The molecule has 9 heteroatoms. The van der Waals surface area contributed by atoms with Crippen molar-refractivity contribution >= 4 is 35.0 Å². The van der Waals surface area contributed by atoms with Crippen LogP contribution in [0.1, 0.15) is 6.92 Å². The molecular weight excluding hydrogens is 298 g/mol. The third-order valence-corrected chi connectivity index (χ3v) is 4.17. The number of rotatable bonds is 4. The third kappa shape index (κ3) is 3.58. The summed E-state index contributed by atoms with van der Waals surface area (Å²) in [5.41, 5.74) is 0. The Balaban J connectivity index is 1.96. The van der Waals surface area contributed by atoms with Crippen LogP contribution < -0.4 is 10.6 Å². The van der Waals surface area contributed by atoms with E-state index < -0.39 is 17.2 Å². The van der Waals surface area contributed by atoms with Crippen LogP contribution >= 0.6 is 23.1 Å². The number of thiophene rings is 1. The van der Waals surface area contributed by atoms with Gasteiger partial charge in [0.05, 0.1) is 10.1 Å². The first-order valence-electron chi connectivity index (χ1n) is 5.75. The molecule has 0 saturated carbocycles. The van der Waals surface area contributed by atoms with Crippen LogP contribution in [0.5, 0.6) is 0 Å². The topological polar surface area (TPSA) is 99.8 Å². The predicted molar refractivity (Wildman–Crippen MR) is 77.6 cm³/mol. The number of nitrogens with zero attached hydrogens (tertiary/aromatic N) is 2. The normalized spacial score (nSPS) is 11.9. The number of aromatic amines is 1. The first kappa shape index (κ1) is 14.5. The lowest BCUT2D eigenvalue weighted by atomic mass is 10.4. The Labute approximate surface area is 123 Å². The Morgan fingerprint density at radius 2 is 2.30 bits per heavy atom. The molecule has 0 bridgehead atoms. The van der Waals surface area contributed by atoms with Crippen molar-refractivity contribution in [2.24, 2.45) is 0 Å². The van der Waals surface area contributed by atoms with Crippen LogP contribution in [0.25, 0.3) is 10.7 Å². The quantitative estimate of drug-likeness (QED) is 0.743. The largest absolute Gasteiger partial charge is 0.341 e. The Hall–Kier alpha value is -1.87. The van der Waals surface area contributed by atoms with Crippen LogP contribution in [0.4, 0.5) is 4.79 Å². The fourth-order valence-corrected chi connectivity index (χ4v) is 2.70. The smallest absolute Gasteiger partial charge is 0.321 e. The van der Waals surface area contributed by atoms with Crippen LogP contribution in [0.2, 0.25) is 0 Å². The minimum atomic E-state index is -0.531. The number of imide groups is 1. The van der Waals surface area contributed by atoms with Crippen LogP contribution in [0.15, 0.2) is 22.7 Å². The second-order valence-corrected chi connectivity index (χ2v) is 6.03. The van der Waals surface area contributed by atoms with E-state index in [1.54, 1.807) is 18.3 Å². The molecule has 106 valence electrons. The van der Waals surface area contributed by atoms with E-state index >= 15 is 0 Å². The monoisotopic (exact) mass is 311 g/mol. The molecule has 7 nitrogen and oxygen atoms in total. The fraction of sp³-hybridized carbons (Fsp3) is 0.273. The number of urea groups is 1. The molecule has 2 rings (SSSR count). The van der Waals surface area contributed by atoms with Crippen molar-refractivity contribution in [2.45, 2.75) is 17.3 Å². The van der Waals surface area contributed by atoms with Gasteiger partial charge < -0.3 is 5.32 Å². The summed E-state index contributed by atoms with van der Waals surface area (Å²) in [6, 6.07) is 3.33. The molecule has 20 heavy (non-hydrogen) atoms. The van der Waals surface area contributed by atoms with Crippen molar-refractivity contribution < 1.29 is 9.59 Å². The summed E-state index contributed by atoms with van der Waals surface area (Å²) in [6.07, 6.45) is 0. The van der Waals surface area contributed by atoms with Gasteiger partial charge in [-0.15, -0.1) is 16.4 Å². The van der Waals surface area contributed by atoms with Gasteiger partial charge in [0.2, 0.25) is 11.1 Å². The number of aromatic nitrogens is 3. The van der Waals surface area contributed by atoms with Crippen molar-refractivity contribution in [1.82, 2.24) is 25.8 Å². The molecule has 0 aliphatic rings. The molecule has 3 N–H and O–H groups in total. The van der Waals surface area contributed by atoms with E-state index in [-0.39, 0.29) is 0 Å². The van der Waals surface area contributed by atoms with Gasteiger partial charge in [-0.1, -0.05) is 17.8 Å². The van der Waals surface area contributed by atoms with E-state index in [9.17, 15) is 9.59 Å². The maximum atomic E-state index is 11.7.